The van der Waals surface area contributed by atoms with Gasteiger partial charge in [0, 0.05) is 0 Å². The summed E-state index contributed by atoms with van der Waals surface area (Å²) in [6, 6.07) is 9.90. The fourth-order valence-electron chi connectivity index (χ4n) is 3.30. The first-order valence-electron chi connectivity index (χ1n) is 8.86. The number of allylic oxidation sites excluding steroid dienone is 1. The number of aryl methyl sites for hydroxylation is 1. The van der Waals surface area contributed by atoms with E-state index < -0.39 is 17.5 Å². The maximum absolute atomic E-state index is 12.2. The molecular weight excluding hydrogens is 300 g/mol. The summed E-state index contributed by atoms with van der Waals surface area (Å²) < 4.78 is 0. The van der Waals surface area contributed by atoms with Gasteiger partial charge < -0.3 is 10.2 Å². The molecule has 0 aliphatic rings. The normalized spacial score (nSPS) is 15.5. The van der Waals surface area contributed by atoms with E-state index >= 15 is 0 Å². The Kier molecular flexibility index (Phi) is 7.68. The molecule has 134 valence electrons. The van der Waals surface area contributed by atoms with Crippen LogP contribution in [-0.4, -0.2) is 22.3 Å². The standard InChI is InChI=1S/C21H32O3/c1-5-7-15-21(19(23)24,16-20(3,4)6-2)18(22)14-13-17-11-9-8-10-12-17/h6,8-12,18,22H,2,5,7,13-16H2,1,3-4H3,(H,23,24). The monoisotopic (exact) mass is 332 g/mol. The largest absolute Gasteiger partial charge is 0.481 e. The van der Waals surface area contributed by atoms with E-state index in [2.05, 4.69) is 6.58 Å². The van der Waals surface area contributed by atoms with E-state index in [0.29, 0.717) is 25.7 Å². The maximum atomic E-state index is 12.2. The molecule has 0 saturated carbocycles. The Morgan fingerprint density at radius 2 is 1.92 bits per heavy atom. The van der Waals surface area contributed by atoms with Crippen molar-refractivity contribution in [3.05, 3.63) is 48.6 Å². The van der Waals surface area contributed by atoms with Crippen LogP contribution in [0, 0.1) is 10.8 Å². The predicted molar refractivity (Wildman–Crippen MR) is 99.0 cm³/mol. The third-order valence-corrected chi connectivity index (χ3v) is 4.91. The molecule has 1 aromatic rings. The number of benzene rings is 1. The molecule has 0 amide bonds. The maximum Gasteiger partial charge on any atom is 0.312 e. The van der Waals surface area contributed by atoms with E-state index in [4.69, 9.17) is 0 Å². The van der Waals surface area contributed by atoms with Crippen LogP contribution >= 0.6 is 0 Å². The lowest BCUT2D eigenvalue weighted by atomic mass is 9.66. The van der Waals surface area contributed by atoms with Crippen LogP contribution < -0.4 is 0 Å². The second-order valence-corrected chi connectivity index (χ2v) is 7.47. The van der Waals surface area contributed by atoms with Gasteiger partial charge in [0.2, 0.25) is 0 Å². The number of carboxylic acids is 1. The van der Waals surface area contributed by atoms with Crippen LogP contribution in [0.5, 0.6) is 0 Å². The van der Waals surface area contributed by atoms with Crippen molar-refractivity contribution >= 4 is 5.97 Å². The first kappa shape index (κ1) is 20.4. The molecule has 3 heteroatoms. The molecule has 1 rings (SSSR count). The summed E-state index contributed by atoms with van der Waals surface area (Å²) in [5.41, 5.74) is -0.336. The Balaban J connectivity index is 2.99. The quantitative estimate of drug-likeness (QED) is 0.570. The predicted octanol–water partition coefficient (Wildman–Crippen LogP) is 4.84. The molecule has 0 saturated heterocycles. The van der Waals surface area contributed by atoms with Crippen LogP contribution in [0.1, 0.15) is 58.4 Å². The zero-order valence-corrected chi connectivity index (χ0v) is 15.3. The van der Waals surface area contributed by atoms with Gasteiger partial charge in [0.05, 0.1) is 11.5 Å². The average Bonchev–Trinajstić information content (AvgIpc) is 2.57. The van der Waals surface area contributed by atoms with Crippen molar-refractivity contribution < 1.29 is 15.0 Å². The molecule has 0 fully saturated rings. The van der Waals surface area contributed by atoms with Gasteiger partial charge in [0.15, 0.2) is 0 Å². The molecule has 0 radical (unpaired) electrons. The molecule has 0 heterocycles. The van der Waals surface area contributed by atoms with E-state index in [1.54, 1.807) is 6.08 Å². The number of unbranched alkanes of at least 4 members (excludes halogenated alkanes) is 1. The fraction of sp³-hybridized carbons (Fsp3) is 0.571. The van der Waals surface area contributed by atoms with Crippen molar-refractivity contribution in [2.45, 2.75) is 65.4 Å². The Morgan fingerprint density at radius 1 is 1.29 bits per heavy atom. The van der Waals surface area contributed by atoms with Gasteiger partial charge >= 0.3 is 5.97 Å². The topological polar surface area (TPSA) is 57.5 Å². The molecule has 1 aromatic carbocycles. The fourth-order valence-corrected chi connectivity index (χ4v) is 3.30. The number of carbonyl (C=O) groups is 1. The van der Waals surface area contributed by atoms with Crippen LogP contribution in [0.2, 0.25) is 0 Å². The minimum atomic E-state index is -1.12. The molecule has 2 unspecified atom stereocenters. The highest BCUT2D eigenvalue weighted by Crippen LogP contribution is 2.43. The van der Waals surface area contributed by atoms with Crippen LogP contribution in [0.15, 0.2) is 43.0 Å². The van der Waals surface area contributed by atoms with Crippen LogP contribution in [0.3, 0.4) is 0 Å². The lowest BCUT2D eigenvalue weighted by Gasteiger charge is -2.39. The third kappa shape index (κ3) is 5.48. The highest BCUT2D eigenvalue weighted by atomic mass is 16.4. The molecule has 3 nitrogen and oxygen atoms in total. The van der Waals surface area contributed by atoms with Gasteiger partial charge in [-0.2, -0.15) is 0 Å². The zero-order valence-electron chi connectivity index (χ0n) is 15.3. The highest BCUT2D eigenvalue weighted by Gasteiger charge is 2.47. The Bertz CT molecular complexity index is 521. The van der Waals surface area contributed by atoms with Gasteiger partial charge in [-0.1, -0.05) is 70.0 Å². The zero-order chi connectivity index (χ0) is 18.2. The summed E-state index contributed by atoms with van der Waals surface area (Å²) in [6.07, 6.45) is 4.64. The number of aliphatic hydroxyl groups is 1. The number of carboxylic acid groups (broad SMARTS) is 1. The van der Waals surface area contributed by atoms with Crippen molar-refractivity contribution in [3.63, 3.8) is 0 Å². The average molecular weight is 332 g/mol. The molecule has 2 N–H and O–H groups in total. The summed E-state index contributed by atoms with van der Waals surface area (Å²) >= 11 is 0. The van der Waals surface area contributed by atoms with E-state index in [0.717, 1.165) is 18.4 Å². The van der Waals surface area contributed by atoms with Gasteiger partial charge in [-0.3, -0.25) is 4.79 Å². The minimum Gasteiger partial charge on any atom is -0.481 e. The van der Waals surface area contributed by atoms with Gasteiger partial charge in [-0.05, 0) is 36.7 Å². The summed E-state index contributed by atoms with van der Waals surface area (Å²) in [5, 5.41) is 20.8. The molecule has 0 aliphatic carbocycles. The Hall–Kier alpha value is -1.61. The highest BCUT2D eigenvalue weighted by molar-refractivity contribution is 5.75. The third-order valence-electron chi connectivity index (χ3n) is 4.91. The van der Waals surface area contributed by atoms with Crippen LogP contribution in [0.25, 0.3) is 0 Å². The van der Waals surface area contributed by atoms with E-state index in [9.17, 15) is 15.0 Å². The van der Waals surface area contributed by atoms with Crippen molar-refractivity contribution in [1.29, 1.82) is 0 Å². The minimum absolute atomic E-state index is 0.333. The van der Waals surface area contributed by atoms with Gasteiger partial charge in [0.25, 0.3) is 0 Å². The van der Waals surface area contributed by atoms with Gasteiger partial charge in [-0.15, -0.1) is 6.58 Å². The molecule has 2 atom stereocenters. The lowest BCUT2D eigenvalue weighted by molar-refractivity contribution is -0.161. The van der Waals surface area contributed by atoms with Crippen molar-refractivity contribution in [3.8, 4) is 0 Å². The molecule has 24 heavy (non-hydrogen) atoms. The molecule has 0 bridgehead atoms. The summed E-state index contributed by atoms with van der Waals surface area (Å²) in [4.78, 5) is 12.2. The van der Waals surface area contributed by atoms with E-state index in [1.807, 2.05) is 51.1 Å². The first-order chi connectivity index (χ1) is 11.3. The van der Waals surface area contributed by atoms with Gasteiger partial charge in [0.1, 0.15) is 0 Å². The smallest absolute Gasteiger partial charge is 0.312 e. The lowest BCUT2D eigenvalue weighted by Crippen LogP contribution is -2.45. The summed E-state index contributed by atoms with van der Waals surface area (Å²) in [6.45, 7) is 9.84. The molecule has 0 aromatic heterocycles. The first-order valence-corrected chi connectivity index (χ1v) is 8.86. The second-order valence-electron chi connectivity index (χ2n) is 7.47. The van der Waals surface area contributed by atoms with Crippen LogP contribution in [-0.2, 0) is 11.2 Å². The summed E-state index contributed by atoms with van der Waals surface area (Å²) in [7, 11) is 0. The Morgan fingerprint density at radius 3 is 2.42 bits per heavy atom. The number of rotatable bonds is 11. The number of aliphatic carboxylic acids is 1. The van der Waals surface area contributed by atoms with Crippen molar-refractivity contribution in [2.75, 3.05) is 0 Å². The SMILES string of the molecule is C=CC(C)(C)CC(CCCC)(C(=O)O)C(O)CCc1ccccc1. The number of hydrogen-bond acceptors (Lipinski definition) is 2. The number of aliphatic hydroxyl groups excluding tert-OH is 1. The molecular formula is C21H32O3. The van der Waals surface area contributed by atoms with E-state index in [-0.39, 0.29) is 5.41 Å². The molecule has 0 spiro atoms. The summed E-state index contributed by atoms with van der Waals surface area (Å²) in [5.74, 6) is -0.897. The Labute approximate surface area is 146 Å². The van der Waals surface area contributed by atoms with Gasteiger partial charge in [-0.25, -0.2) is 0 Å². The van der Waals surface area contributed by atoms with Crippen molar-refractivity contribution in [2.24, 2.45) is 10.8 Å². The van der Waals surface area contributed by atoms with E-state index in [1.165, 1.54) is 0 Å². The molecule has 0 aliphatic heterocycles. The van der Waals surface area contributed by atoms with Crippen molar-refractivity contribution in [1.82, 2.24) is 0 Å². The van der Waals surface area contributed by atoms with Crippen LogP contribution in [0.4, 0.5) is 0 Å². The second kappa shape index (κ2) is 9.03. The number of hydrogen-bond donors (Lipinski definition) is 2.